The van der Waals surface area contributed by atoms with E-state index in [1.165, 1.54) is 186 Å². The molecule has 0 spiro atoms. The Morgan fingerprint density at radius 2 is 0.769 bits per heavy atom. The van der Waals surface area contributed by atoms with E-state index >= 15 is 0 Å². The van der Waals surface area contributed by atoms with E-state index in [1.54, 1.807) is 0 Å². The molecule has 1 rings (SSSR count). The van der Waals surface area contributed by atoms with Crippen LogP contribution in [-0.2, 0) is 9.53 Å². The number of hydrogen-bond donors (Lipinski definition) is 0. The Labute approximate surface area is 245 Å². The molecule has 1 heterocycles. The molecule has 0 aromatic carbocycles. The highest BCUT2D eigenvalue weighted by Crippen LogP contribution is 2.32. The van der Waals surface area contributed by atoms with Crippen molar-refractivity contribution in [2.75, 3.05) is 0 Å². The van der Waals surface area contributed by atoms with Gasteiger partial charge in [-0.25, -0.2) is 0 Å². The highest BCUT2D eigenvalue weighted by Gasteiger charge is 2.36. The normalized spacial score (nSPS) is 16.1. The first-order chi connectivity index (χ1) is 19.3. The third-order valence-electron chi connectivity index (χ3n) is 8.85. The maximum Gasteiger partial charge on any atom is 0.321 e. The zero-order chi connectivity index (χ0) is 28.1. The van der Waals surface area contributed by atoms with Gasteiger partial charge in [0, 0.05) is 0 Å². The van der Waals surface area contributed by atoms with E-state index in [1.807, 2.05) is 0 Å². The summed E-state index contributed by atoms with van der Waals surface area (Å²) in [6.07, 6.45) is 44.7. The number of cyclic esters (lactones) is 1. The molecule has 1 fully saturated rings. The fourth-order valence-corrected chi connectivity index (χ4v) is 6.06. The Balaban J connectivity index is 1.84. The van der Waals surface area contributed by atoms with Crippen molar-refractivity contribution in [2.24, 2.45) is 5.92 Å². The van der Waals surface area contributed by atoms with Gasteiger partial charge >= 0.3 is 5.97 Å². The van der Waals surface area contributed by atoms with Gasteiger partial charge in [0.15, 0.2) is 0 Å². The summed E-state index contributed by atoms with van der Waals surface area (Å²) in [5.74, 6) is 1.09. The van der Waals surface area contributed by atoms with Crippen molar-refractivity contribution >= 4 is 5.97 Å². The van der Waals surface area contributed by atoms with Gasteiger partial charge in [-0.1, -0.05) is 194 Å². The Bertz CT molecular complexity index is 552. The number of carbonyl (C=O) groups is 1. The molecule has 0 radical (unpaired) electrons. The number of esters is 1. The molecule has 1 aliphatic heterocycles. The lowest BCUT2D eigenvalue weighted by Crippen LogP contribution is -2.32. The molecule has 0 aliphatic carbocycles. The molecule has 2 nitrogen and oxygen atoms in total. The first-order valence-electron chi connectivity index (χ1n) is 18.2. The van der Waals surface area contributed by atoms with E-state index < -0.39 is 0 Å². The first-order valence-corrected chi connectivity index (χ1v) is 18.2. The number of allylic oxidation sites excluding steroid dienone is 1. The molecule has 1 atom stereocenters. The van der Waals surface area contributed by atoms with Gasteiger partial charge in [-0.3, -0.25) is 4.79 Å². The summed E-state index contributed by atoms with van der Waals surface area (Å²) in [5.41, 5.74) is 0. The van der Waals surface area contributed by atoms with Crippen LogP contribution in [-0.4, -0.2) is 5.97 Å². The molecule has 0 aromatic heterocycles. The molecule has 39 heavy (non-hydrogen) atoms. The fourth-order valence-electron chi connectivity index (χ4n) is 6.06. The molecular weight excluding hydrogens is 476 g/mol. The van der Waals surface area contributed by atoms with Crippen molar-refractivity contribution in [1.82, 2.24) is 0 Å². The predicted octanol–water partition coefficient (Wildman–Crippen LogP) is 13.2. The third kappa shape index (κ3) is 22.6. The summed E-state index contributed by atoms with van der Waals surface area (Å²) in [6, 6.07) is 0. The lowest BCUT2D eigenvalue weighted by molar-refractivity contribution is -0.157. The molecule has 1 saturated heterocycles. The van der Waals surface area contributed by atoms with Crippen LogP contribution in [0.5, 0.6) is 0 Å². The highest BCUT2D eigenvalue weighted by molar-refractivity contribution is 5.82. The molecule has 0 saturated carbocycles. The number of ether oxygens (including phenoxy) is 1. The van der Waals surface area contributed by atoms with Gasteiger partial charge in [0.25, 0.3) is 0 Å². The Morgan fingerprint density at radius 3 is 1.10 bits per heavy atom. The van der Waals surface area contributed by atoms with E-state index in [0.717, 1.165) is 18.6 Å². The van der Waals surface area contributed by atoms with Crippen molar-refractivity contribution in [3.8, 4) is 0 Å². The molecular formula is C37H70O2. The second kappa shape index (κ2) is 28.7. The molecule has 0 bridgehead atoms. The smallest absolute Gasteiger partial charge is 0.321 e. The van der Waals surface area contributed by atoms with Crippen molar-refractivity contribution in [2.45, 2.75) is 213 Å². The zero-order valence-corrected chi connectivity index (χ0v) is 26.9. The lowest BCUT2D eigenvalue weighted by Gasteiger charge is -2.28. The Kier molecular flexibility index (Phi) is 26.7. The zero-order valence-electron chi connectivity index (χ0n) is 26.9. The van der Waals surface area contributed by atoms with E-state index in [0.29, 0.717) is 0 Å². The summed E-state index contributed by atoms with van der Waals surface area (Å²) >= 11 is 0. The van der Waals surface area contributed by atoms with Gasteiger partial charge in [-0.05, 0) is 25.3 Å². The van der Waals surface area contributed by atoms with E-state index in [4.69, 9.17) is 4.74 Å². The van der Waals surface area contributed by atoms with Crippen LogP contribution in [0.25, 0.3) is 0 Å². The summed E-state index contributed by atoms with van der Waals surface area (Å²) < 4.78 is 5.37. The van der Waals surface area contributed by atoms with Crippen molar-refractivity contribution in [3.63, 3.8) is 0 Å². The van der Waals surface area contributed by atoms with Gasteiger partial charge in [0.05, 0.1) is 0 Å². The number of hydrogen-bond acceptors (Lipinski definition) is 2. The SMILES string of the molecule is CCCCCCCCCCCCCCCCCC=C1OC(=O)C1CCCCCCCCCCCCCCCC. The van der Waals surface area contributed by atoms with Crippen molar-refractivity contribution in [3.05, 3.63) is 11.8 Å². The summed E-state index contributed by atoms with van der Waals surface area (Å²) in [4.78, 5) is 11.9. The van der Waals surface area contributed by atoms with Crippen molar-refractivity contribution in [1.29, 1.82) is 0 Å². The molecule has 1 aliphatic rings. The quantitative estimate of drug-likeness (QED) is 0.0638. The van der Waals surface area contributed by atoms with Crippen LogP contribution in [0.2, 0.25) is 0 Å². The third-order valence-corrected chi connectivity index (χ3v) is 8.85. The molecule has 0 aromatic rings. The minimum Gasteiger partial charge on any atom is -0.430 e. The Morgan fingerprint density at radius 1 is 0.462 bits per heavy atom. The van der Waals surface area contributed by atoms with Gasteiger partial charge in [0.2, 0.25) is 0 Å². The predicted molar refractivity (Wildman–Crippen MR) is 172 cm³/mol. The minimum absolute atomic E-state index is 0.0208. The minimum atomic E-state index is 0.0208. The fraction of sp³-hybridized carbons (Fsp3) is 0.919. The average Bonchev–Trinajstić information content (AvgIpc) is 2.94. The van der Waals surface area contributed by atoms with Crippen LogP contribution in [0.3, 0.4) is 0 Å². The van der Waals surface area contributed by atoms with Gasteiger partial charge < -0.3 is 4.74 Å². The van der Waals surface area contributed by atoms with Crippen LogP contribution >= 0.6 is 0 Å². The van der Waals surface area contributed by atoms with E-state index in [9.17, 15) is 4.79 Å². The topological polar surface area (TPSA) is 26.3 Å². The standard InChI is InChI=1S/C37H70O2/c1-3-5-7-9-11-13-15-17-19-20-22-24-26-28-30-32-34-36-35(37(38)39-36)33-31-29-27-25-23-21-18-16-14-12-10-8-6-4-2/h34-35H,3-33H2,1-2H3. The van der Waals surface area contributed by atoms with Gasteiger partial charge in [0.1, 0.15) is 11.7 Å². The van der Waals surface area contributed by atoms with E-state index in [-0.39, 0.29) is 11.9 Å². The van der Waals surface area contributed by atoms with Crippen molar-refractivity contribution < 1.29 is 9.53 Å². The number of unbranched alkanes of at least 4 members (excludes halogenated alkanes) is 28. The van der Waals surface area contributed by atoms with Crippen LogP contribution in [0.4, 0.5) is 0 Å². The molecule has 2 heteroatoms. The maximum atomic E-state index is 11.9. The lowest BCUT2D eigenvalue weighted by atomic mass is 9.93. The van der Waals surface area contributed by atoms with Crippen LogP contribution < -0.4 is 0 Å². The first kappa shape index (κ1) is 36.2. The van der Waals surface area contributed by atoms with Gasteiger partial charge in [-0.15, -0.1) is 0 Å². The van der Waals surface area contributed by atoms with Crippen LogP contribution in [0.1, 0.15) is 213 Å². The number of carbonyl (C=O) groups excluding carboxylic acids is 1. The summed E-state index contributed by atoms with van der Waals surface area (Å²) in [6.45, 7) is 4.58. The maximum absolute atomic E-state index is 11.9. The average molecular weight is 547 g/mol. The highest BCUT2D eigenvalue weighted by atomic mass is 16.6. The summed E-state index contributed by atoms with van der Waals surface area (Å²) in [5, 5.41) is 0. The van der Waals surface area contributed by atoms with Crippen LogP contribution in [0, 0.1) is 5.92 Å². The molecule has 230 valence electrons. The second-order valence-corrected chi connectivity index (χ2v) is 12.7. The largest absolute Gasteiger partial charge is 0.430 e. The molecule has 0 amide bonds. The molecule has 0 N–H and O–H groups in total. The summed E-state index contributed by atoms with van der Waals surface area (Å²) in [7, 11) is 0. The van der Waals surface area contributed by atoms with Crippen LogP contribution in [0.15, 0.2) is 11.8 Å². The monoisotopic (exact) mass is 547 g/mol. The number of rotatable bonds is 31. The molecule has 1 unspecified atom stereocenters. The second-order valence-electron chi connectivity index (χ2n) is 12.7. The van der Waals surface area contributed by atoms with Gasteiger partial charge in [-0.2, -0.15) is 0 Å². The Hall–Kier alpha value is -0.790. The van der Waals surface area contributed by atoms with E-state index in [2.05, 4.69) is 19.9 Å².